The van der Waals surface area contributed by atoms with Crippen LogP contribution in [0, 0.1) is 0 Å². The Morgan fingerprint density at radius 2 is 1.08 bits per heavy atom. The third-order valence-electron chi connectivity index (χ3n) is 4.07. The predicted molar refractivity (Wildman–Crippen MR) is 101 cm³/mol. The molecule has 0 unspecified atom stereocenters. The van der Waals surface area contributed by atoms with Crippen molar-refractivity contribution in [2.45, 2.75) is 0 Å². The van der Waals surface area contributed by atoms with Crippen LogP contribution in [0.15, 0.2) is 24.3 Å². The molecule has 0 spiro atoms. The van der Waals surface area contributed by atoms with Crippen molar-refractivity contribution in [1.82, 2.24) is 0 Å². The van der Waals surface area contributed by atoms with E-state index in [-0.39, 0.29) is 58.6 Å². The largest absolute Gasteiger partial charge is 0.395 e. The highest BCUT2D eigenvalue weighted by Crippen LogP contribution is 2.41. The van der Waals surface area contributed by atoms with E-state index in [4.69, 9.17) is 33.4 Å². The maximum absolute atomic E-state index is 13.2. The number of ketones is 2. The SMILES string of the molecule is O=C1c2c(Cl)ccc(Cl)c2C(=O)c2c(NCCO)ccc(NCCO)c21. The van der Waals surface area contributed by atoms with Crippen LogP contribution in [-0.2, 0) is 0 Å². The van der Waals surface area contributed by atoms with E-state index in [1.807, 2.05) is 0 Å². The average molecular weight is 395 g/mol. The van der Waals surface area contributed by atoms with Crippen molar-refractivity contribution < 1.29 is 19.8 Å². The first-order valence-corrected chi connectivity index (χ1v) is 8.70. The van der Waals surface area contributed by atoms with Gasteiger partial charge in [0.1, 0.15) is 0 Å². The summed E-state index contributed by atoms with van der Waals surface area (Å²) in [6, 6.07) is 6.24. The summed E-state index contributed by atoms with van der Waals surface area (Å²) < 4.78 is 0. The average Bonchev–Trinajstić information content (AvgIpc) is 2.64. The van der Waals surface area contributed by atoms with Crippen LogP contribution in [0.5, 0.6) is 0 Å². The Morgan fingerprint density at radius 1 is 0.692 bits per heavy atom. The number of anilines is 2. The lowest BCUT2D eigenvalue weighted by atomic mass is 9.82. The Morgan fingerprint density at radius 3 is 1.42 bits per heavy atom. The van der Waals surface area contributed by atoms with Crippen LogP contribution in [0.25, 0.3) is 0 Å². The molecule has 2 aromatic carbocycles. The van der Waals surface area contributed by atoms with E-state index in [9.17, 15) is 9.59 Å². The number of rotatable bonds is 6. The van der Waals surface area contributed by atoms with Crippen molar-refractivity contribution in [2.24, 2.45) is 0 Å². The molecule has 0 saturated carbocycles. The van der Waals surface area contributed by atoms with Crippen LogP contribution in [0.2, 0.25) is 10.0 Å². The molecule has 0 atom stereocenters. The zero-order valence-electron chi connectivity index (χ0n) is 13.6. The number of nitrogens with one attached hydrogen (secondary N) is 2. The van der Waals surface area contributed by atoms with Gasteiger partial charge >= 0.3 is 0 Å². The summed E-state index contributed by atoms with van der Waals surface area (Å²) >= 11 is 12.4. The molecule has 1 aliphatic rings. The van der Waals surface area contributed by atoms with E-state index < -0.39 is 11.6 Å². The highest BCUT2D eigenvalue weighted by atomic mass is 35.5. The van der Waals surface area contributed by atoms with Gasteiger partial charge in [-0.3, -0.25) is 9.59 Å². The van der Waals surface area contributed by atoms with E-state index in [0.29, 0.717) is 11.4 Å². The van der Waals surface area contributed by atoms with Gasteiger partial charge in [-0.25, -0.2) is 0 Å². The highest BCUT2D eigenvalue weighted by molar-refractivity contribution is 6.44. The van der Waals surface area contributed by atoms with Crippen molar-refractivity contribution in [3.63, 3.8) is 0 Å². The fourth-order valence-corrected chi connectivity index (χ4v) is 3.48. The second-order valence-corrected chi connectivity index (χ2v) is 6.46. The number of benzene rings is 2. The van der Waals surface area contributed by atoms with Crippen molar-refractivity contribution >= 4 is 46.1 Å². The van der Waals surface area contributed by atoms with Gasteiger partial charge in [-0.05, 0) is 24.3 Å². The van der Waals surface area contributed by atoms with Crippen LogP contribution in [0.1, 0.15) is 31.8 Å². The lowest BCUT2D eigenvalue weighted by Crippen LogP contribution is -2.26. The summed E-state index contributed by atoms with van der Waals surface area (Å²) in [6.45, 7) is 0.163. The second kappa shape index (κ2) is 7.63. The van der Waals surface area contributed by atoms with Crippen molar-refractivity contribution in [1.29, 1.82) is 0 Å². The summed E-state index contributed by atoms with van der Waals surface area (Å²) in [5, 5.41) is 24.3. The first-order valence-electron chi connectivity index (χ1n) is 7.95. The molecule has 26 heavy (non-hydrogen) atoms. The minimum atomic E-state index is -0.421. The number of carbonyl (C=O) groups is 2. The van der Waals surface area contributed by atoms with Crippen LogP contribution in [-0.4, -0.2) is 48.1 Å². The van der Waals surface area contributed by atoms with Crippen molar-refractivity contribution in [3.05, 3.63) is 56.6 Å². The van der Waals surface area contributed by atoms with E-state index in [1.54, 1.807) is 12.1 Å². The monoisotopic (exact) mass is 394 g/mol. The molecule has 0 aliphatic heterocycles. The maximum Gasteiger partial charge on any atom is 0.198 e. The third kappa shape index (κ3) is 3.05. The minimum absolute atomic E-state index is 0.0722. The van der Waals surface area contributed by atoms with Crippen molar-refractivity contribution in [2.75, 3.05) is 36.9 Å². The Balaban J connectivity index is 2.26. The van der Waals surface area contributed by atoms with Gasteiger partial charge in [-0.2, -0.15) is 0 Å². The van der Waals surface area contributed by atoms with E-state index in [1.165, 1.54) is 12.1 Å². The molecule has 1 aliphatic carbocycles. The molecule has 0 radical (unpaired) electrons. The summed E-state index contributed by atoms with van der Waals surface area (Å²) in [6.07, 6.45) is 0. The first kappa shape index (κ1) is 18.7. The standard InChI is InChI=1S/C18H16Cl2N2O4/c19-9-1-2-10(20)14-13(9)17(25)15-11(21-5-7-23)3-4-12(22-6-8-24)16(15)18(14)26/h1-4,21-24H,5-8H2. The number of hydrogen-bond acceptors (Lipinski definition) is 6. The molecule has 0 bridgehead atoms. The lowest BCUT2D eigenvalue weighted by molar-refractivity contribution is 0.0980. The smallest absolute Gasteiger partial charge is 0.198 e. The Hall–Kier alpha value is -2.12. The molecule has 0 amide bonds. The van der Waals surface area contributed by atoms with Crippen LogP contribution >= 0.6 is 23.2 Å². The van der Waals surface area contributed by atoms with Crippen molar-refractivity contribution in [3.8, 4) is 0 Å². The molecule has 0 saturated heterocycles. The summed E-state index contributed by atoms with van der Waals surface area (Å²) in [4.78, 5) is 26.3. The fourth-order valence-electron chi connectivity index (χ4n) is 3.00. The molecule has 3 rings (SSSR count). The lowest BCUT2D eigenvalue weighted by Gasteiger charge is -2.25. The molecular weight excluding hydrogens is 379 g/mol. The van der Waals surface area contributed by atoms with Gasteiger partial charge in [0.2, 0.25) is 0 Å². The summed E-state index contributed by atoms with van der Waals surface area (Å²) in [5.74, 6) is -0.842. The predicted octanol–water partition coefficient (Wildman–Crippen LogP) is 2.58. The number of halogens is 2. The number of fused-ring (bicyclic) bond motifs is 2. The number of aliphatic hydroxyl groups excluding tert-OH is 2. The van der Waals surface area contributed by atoms with E-state index >= 15 is 0 Å². The van der Waals surface area contributed by atoms with E-state index in [0.717, 1.165) is 0 Å². The normalized spacial score (nSPS) is 12.6. The fraction of sp³-hybridized carbons (Fsp3) is 0.222. The number of aliphatic hydroxyl groups is 2. The van der Waals surface area contributed by atoms with Gasteiger partial charge in [0.15, 0.2) is 11.6 Å². The topological polar surface area (TPSA) is 98.7 Å². The molecule has 4 N–H and O–H groups in total. The van der Waals surface area contributed by atoms with Gasteiger partial charge in [0.25, 0.3) is 0 Å². The molecule has 0 aromatic heterocycles. The Labute approximate surface area is 159 Å². The van der Waals surface area contributed by atoms with E-state index in [2.05, 4.69) is 10.6 Å². The Bertz CT molecular complexity index is 827. The molecular formula is C18H16Cl2N2O4. The molecule has 6 nitrogen and oxygen atoms in total. The zero-order chi connectivity index (χ0) is 18.8. The molecule has 0 fully saturated rings. The maximum atomic E-state index is 13.2. The highest BCUT2D eigenvalue weighted by Gasteiger charge is 2.37. The number of carbonyl (C=O) groups excluding carboxylic acids is 2. The Kier molecular flexibility index (Phi) is 5.48. The molecule has 0 heterocycles. The number of hydrogen-bond donors (Lipinski definition) is 4. The van der Waals surface area contributed by atoms with Gasteiger partial charge < -0.3 is 20.8 Å². The molecule has 136 valence electrons. The van der Waals surface area contributed by atoms with Gasteiger partial charge in [0, 0.05) is 24.5 Å². The quantitative estimate of drug-likeness (QED) is 0.512. The zero-order valence-corrected chi connectivity index (χ0v) is 15.1. The molecule has 8 heteroatoms. The second-order valence-electron chi connectivity index (χ2n) is 5.65. The summed E-state index contributed by atoms with van der Waals surface area (Å²) in [7, 11) is 0. The van der Waals surface area contributed by atoms with Gasteiger partial charge in [-0.1, -0.05) is 23.2 Å². The van der Waals surface area contributed by atoms with Crippen LogP contribution in [0.4, 0.5) is 11.4 Å². The van der Waals surface area contributed by atoms with Crippen LogP contribution < -0.4 is 10.6 Å². The third-order valence-corrected chi connectivity index (χ3v) is 4.70. The minimum Gasteiger partial charge on any atom is -0.395 e. The van der Waals surface area contributed by atoms with Gasteiger partial charge in [0.05, 0.1) is 45.5 Å². The van der Waals surface area contributed by atoms with Crippen LogP contribution in [0.3, 0.4) is 0 Å². The molecule has 2 aromatic rings. The summed E-state index contributed by atoms with van der Waals surface area (Å²) in [5.41, 5.74) is 1.32. The van der Waals surface area contributed by atoms with Gasteiger partial charge in [-0.15, -0.1) is 0 Å². The first-order chi connectivity index (χ1) is 12.5.